The molecule has 114 valence electrons. The molecule has 3 amide bonds. The summed E-state index contributed by atoms with van der Waals surface area (Å²) >= 11 is 0. The van der Waals surface area contributed by atoms with Crippen LogP contribution in [0.5, 0.6) is 0 Å². The summed E-state index contributed by atoms with van der Waals surface area (Å²) in [6.07, 6.45) is 3.20. The molecule has 1 unspecified atom stereocenters. The van der Waals surface area contributed by atoms with Crippen molar-refractivity contribution >= 4 is 11.9 Å². The Hall–Kier alpha value is -1.10. The van der Waals surface area contributed by atoms with E-state index in [0.29, 0.717) is 18.8 Å². The van der Waals surface area contributed by atoms with Crippen LogP contribution in [0.25, 0.3) is 0 Å². The molecule has 2 aliphatic rings. The Balaban J connectivity index is 2.10. The quantitative estimate of drug-likeness (QED) is 0.777. The minimum Gasteiger partial charge on any atom is -0.388 e. The van der Waals surface area contributed by atoms with Crippen LogP contribution in [0.3, 0.4) is 0 Å². The highest BCUT2D eigenvalue weighted by molar-refractivity contribution is 6.07. The summed E-state index contributed by atoms with van der Waals surface area (Å²) in [5.41, 5.74) is -1.77. The highest BCUT2D eigenvalue weighted by atomic mass is 16.3. The van der Waals surface area contributed by atoms with Crippen LogP contribution in [0.15, 0.2) is 0 Å². The SMILES string of the molecule is CC1CCC(O)(CN2C(=O)NC(C)(C(C)C)C2=O)CC1. The summed E-state index contributed by atoms with van der Waals surface area (Å²) in [6.45, 7) is 7.87. The van der Waals surface area contributed by atoms with Gasteiger partial charge in [-0.25, -0.2) is 4.79 Å². The lowest BCUT2D eigenvalue weighted by Gasteiger charge is -2.37. The number of carbonyl (C=O) groups is 2. The Labute approximate surface area is 120 Å². The van der Waals surface area contributed by atoms with Crippen molar-refractivity contribution in [3.8, 4) is 0 Å². The largest absolute Gasteiger partial charge is 0.388 e. The average Bonchev–Trinajstić information content (AvgIpc) is 2.58. The molecule has 1 saturated heterocycles. The van der Waals surface area contributed by atoms with Crippen LogP contribution in [0.1, 0.15) is 53.4 Å². The number of carbonyl (C=O) groups excluding carboxylic acids is 2. The molecule has 0 radical (unpaired) electrons. The van der Waals surface area contributed by atoms with Gasteiger partial charge in [-0.3, -0.25) is 9.69 Å². The third kappa shape index (κ3) is 2.55. The number of amides is 3. The first-order valence-corrected chi connectivity index (χ1v) is 7.54. The number of hydrogen-bond acceptors (Lipinski definition) is 3. The highest BCUT2D eigenvalue weighted by Crippen LogP contribution is 2.34. The highest BCUT2D eigenvalue weighted by Gasteiger charge is 2.51. The van der Waals surface area contributed by atoms with Crippen LogP contribution >= 0.6 is 0 Å². The maximum absolute atomic E-state index is 12.5. The van der Waals surface area contributed by atoms with Gasteiger partial charge in [0.1, 0.15) is 5.54 Å². The fraction of sp³-hybridized carbons (Fsp3) is 0.867. The number of nitrogens with one attached hydrogen (secondary N) is 1. The van der Waals surface area contributed by atoms with E-state index in [9.17, 15) is 14.7 Å². The zero-order valence-electron chi connectivity index (χ0n) is 12.9. The second-order valence-electron chi connectivity index (χ2n) is 7.09. The molecule has 2 fully saturated rings. The summed E-state index contributed by atoms with van der Waals surface area (Å²) in [4.78, 5) is 25.8. The Morgan fingerprint density at radius 3 is 2.35 bits per heavy atom. The summed E-state index contributed by atoms with van der Waals surface area (Å²) in [6, 6.07) is -0.377. The van der Waals surface area contributed by atoms with E-state index in [4.69, 9.17) is 0 Å². The van der Waals surface area contributed by atoms with Crippen molar-refractivity contribution in [2.75, 3.05) is 6.54 Å². The first-order chi connectivity index (χ1) is 9.18. The number of imide groups is 1. The smallest absolute Gasteiger partial charge is 0.325 e. The molecular formula is C15H26N2O3. The molecular weight excluding hydrogens is 256 g/mol. The Kier molecular flexibility index (Phi) is 3.84. The topological polar surface area (TPSA) is 69.6 Å². The van der Waals surface area contributed by atoms with Gasteiger partial charge in [-0.2, -0.15) is 0 Å². The van der Waals surface area contributed by atoms with E-state index in [-0.39, 0.29) is 24.4 Å². The van der Waals surface area contributed by atoms with E-state index in [0.717, 1.165) is 12.8 Å². The standard InChI is InChI=1S/C15H26N2O3/c1-10(2)14(4)12(18)17(13(19)16-14)9-15(20)7-5-11(3)6-8-15/h10-11,20H,5-9H2,1-4H3,(H,16,19). The minimum atomic E-state index is -0.915. The average molecular weight is 282 g/mol. The van der Waals surface area contributed by atoms with Gasteiger partial charge in [-0.05, 0) is 44.4 Å². The summed E-state index contributed by atoms with van der Waals surface area (Å²) in [5.74, 6) is 0.411. The number of aliphatic hydroxyl groups is 1. The number of nitrogens with zero attached hydrogens (tertiary/aromatic N) is 1. The maximum atomic E-state index is 12.5. The molecule has 0 aromatic heterocycles. The fourth-order valence-corrected chi connectivity index (χ4v) is 3.00. The van der Waals surface area contributed by atoms with E-state index in [1.807, 2.05) is 13.8 Å². The van der Waals surface area contributed by atoms with Crippen molar-refractivity contribution in [1.82, 2.24) is 10.2 Å². The van der Waals surface area contributed by atoms with Crippen molar-refractivity contribution in [2.45, 2.75) is 64.5 Å². The van der Waals surface area contributed by atoms with Gasteiger partial charge in [0.25, 0.3) is 5.91 Å². The van der Waals surface area contributed by atoms with Crippen molar-refractivity contribution in [3.05, 3.63) is 0 Å². The van der Waals surface area contributed by atoms with Crippen LogP contribution in [0.2, 0.25) is 0 Å². The lowest BCUT2D eigenvalue weighted by molar-refractivity contribution is -0.135. The van der Waals surface area contributed by atoms with Gasteiger partial charge in [0.2, 0.25) is 0 Å². The van der Waals surface area contributed by atoms with Gasteiger partial charge in [0.05, 0.1) is 12.1 Å². The van der Waals surface area contributed by atoms with Crippen LogP contribution in [0, 0.1) is 11.8 Å². The zero-order chi connectivity index (χ0) is 15.1. The van der Waals surface area contributed by atoms with Gasteiger partial charge in [0, 0.05) is 0 Å². The molecule has 2 N–H and O–H groups in total. The summed E-state index contributed by atoms with van der Waals surface area (Å²) in [7, 11) is 0. The zero-order valence-corrected chi connectivity index (χ0v) is 12.9. The molecule has 0 bridgehead atoms. The molecule has 1 atom stereocenters. The van der Waals surface area contributed by atoms with E-state index < -0.39 is 11.1 Å². The van der Waals surface area contributed by atoms with Crippen molar-refractivity contribution in [2.24, 2.45) is 11.8 Å². The molecule has 1 aliphatic heterocycles. The molecule has 0 aromatic rings. The Bertz CT molecular complexity index is 413. The van der Waals surface area contributed by atoms with E-state index in [1.54, 1.807) is 6.92 Å². The molecule has 1 aliphatic carbocycles. The normalized spacial score (nSPS) is 38.5. The monoisotopic (exact) mass is 282 g/mol. The molecule has 1 saturated carbocycles. The van der Waals surface area contributed by atoms with Crippen molar-refractivity contribution < 1.29 is 14.7 Å². The second kappa shape index (κ2) is 5.02. The first kappa shape index (κ1) is 15.3. The van der Waals surface area contributed by atoms with Crippen LogP contribution in [0.4, 0.5) is 4.79 Å². The Morgan fingerprint density at radius 2 is 1.90 bits per heavy atom. The third-order valence-electron chi connectivity index (χ3n) is 5.11. The van der Waals surface area contributed by atoms with E-state index in [1.165, 1.54) is 4.90 Å². The number of urea groups is 1. The predicted octanol–water partition coefficient (Wildman–Crippen LogP) is 1.89. The summed E-state index contributed by atoms with van der Waals surface area (Å²) in [5, 5.41) is 13.4. The molecule has 5 heteroatoms. The van der Waals surface area contributed by atoms with Crippen LogP contribution in [-0.4, -0.2) is 39.6 Å². The Morgan fingerprint density at radius 1 is 1.35 bits per heavy atom. The van der Waals surface area contributed by atoms with E-state index in [2.05, 4.69) is 12.2 Å². The van der Waals surface area contributed by atoms with Gasteiger partial charge < -0.3 is 10.4 Å². The first-order valence-electron chi connectivity index (χ1n) is 7.54. The molecule has 5 nitrogen and oxygen atoms in total. The van der Waals surface area contributed by atoms with E-state index >= 15 is 0 Å². The molecule has 0 spiro atoms. The van der Waals surface area contributed by atoms with Crippen molar-refractivity contribution in [1.29, 1.82) is 0 Å². The molecule has 0 aromatic carbocycles. The number of rotatable bonds is 3. The minimum absolute atomic E-state index is 0.0185. The molecule has 2 rings (SSSR count). The fourth-order valence-electron chi connectivity index (χ4n) is 3.00. The van der Waals surface area contributed by atoms with Gasteiger partial charge in [-0.1, -0.05) is 20.8 Å². The molecule has 1 heterocycles. The lowest BCUT2D eigenvalue weighted by Crippen LogP contribution is -2.50. The number of β-amino-alcohol motifs (C(OH)–C–C–N with tert-alkyl or cyclic N) is 1. The number of hydrogen-bond donors (Lipinski definition) is 2. The molecule has 20 heavy (non-hydrogen) atoms. The second-order valence-corrected chi connectivity index (χ2v) is 7.09. The van der Waals surface area contributed by atoms with Gasteiger partial charge >= 0.3 is 6.03 Å². The summed E-state index contributed by atoms with van der Waals surface area (Å²) < 4.78 is 0. The van der Waals surface area contributed by atoms with Crippen LogP contribution < -0.4 is 5.32 Å². The maximum Gasteiger partial charge on any atom is 0.325 e. The lowest BCUT2D eigenvalue weighted by atomic mass is 9.79. The van der Waals surface area contributed by atoms with Crippen molar-refractivity contribution in [3.63, 3.8) is 0 Å². The van der Waals surface area contributed by atoms with Gasteiger partial charge in [-0.15, -0.1) is 0 Å². The van der Waals surface area contributed by atoms with Gasteiger partial charge in [0.15, 0.2) is 0 Å². The predicted molar refractivity (Wildman–Crippen MR) is 76.1 cm³/mol. The van der Waals surface area contributed by atoms with Crippen LogP contribution in [-0.2, 0) is 4.79 Å². The third-order valence-corrected chi connectivity index (χ3v) is 5.11.